The number of carbonyl (C=O) groups excluding carboxylic acids is 2. The van der Waals surface area contributed by atoms with Gasteiger partial charge in [0.25, 0.3) is 0 Å². The zero-order valence-electron chi connectivity index (χ0n) is 13.1. The summed E-state index contributed by atoms with van der Waals surface area (Å²) in [5.41, 5.74) is 4.98. The Morgan fingerprint density at radius 2 is 1.95 bits per heavy atom. The Morgan fingerprint density at radius 1 is 1.36 bits per heavy atom. The largest absolute Gasteiger partial charge is 0.393 e. The lowest BCUT2D eigenvalue weighted by molar-refractivity contribution is -0.124. The van der Waals surface area contributed by atoms with E-state index >= 15 is 0 Å². The van der Waals surface area contributed by atoms with E-state index in [1.54, 1.807) is 0 Å². The molecule has 22 heavy (non-hydrogen) atoms. The number of aliphatic hydroxyl groups excluding tert-OH is 1. The zero-order chi connectivity index (χ0) is 16.7. The van der Waals surface area contributed by atoms with Crippen LogP contribution in [0.1, 0.15) is 51.9 Å². The van der Waals surface area contributed by atoms with Crippen LogP contribution in [-0.2, 0) is 4.79 Å². The number of allylic oxidation sites excluding steroid dienone is 1. The van der Waals surface area contributed by atoms with E-state index in [0.717, 1.165) is 18.8 Å². The van der Waals surface area contributed by atoms with Crippen molar-refractivity contribution in [1.82, 2.24) is 5.32 Å². The third-order valence-electron chi connectivity index (χ3n) is 4.37. The van der Waals surface area contributed by atoms with Gasteiger partial charge in [-0.15, -0.1) is 0 Å². The Labute approximate surface area is 137 Å². The number of urea groups is 1. The Morgan fingerprint density at radius 3 is 2.45 bits per heavy atom. The van der Waals surface area contributed by atoms with Crippen LogP contribution >= 0.6 is 11.6 Å². The van der Waals surface area contributed by atoms with Crippen LogP contribution in [0.15, 0.2) is 11.6 Å². The molecule has 0 saturated heterocycles. The molecule has 3 amide bonds. The van der Waals surface area contributed by atoms with E-state index in [0.29, 0.717) is 11.0 Å². The fourth-order valence-corrected chi connectivity index (χ4v) is 3.25. The van der Waals surface area contributed by atoms with Gasteiger partial charge in [0.1, 0.15) is 0 Å². The highest BCUT2D eigenvalue weighted by Crippen LogP contribution is 2.35. The first-order valence-electron chi connectivity index (χ1n) is 7.76. The van der Waals surface area contributed by atoms with Gasteiger partial charge in [-0.05, 0) is 31.6 Å². The predicted octanol–water partition coefficient (Wildman–Crippen LogP) is 2.87. The van der Waals surface area contributed by atoms with Crippen molar-refractivity contribution in [3.05, 3.63) is 17.5 Å². The first-order chi connectivity index (χ1) is 10.3. The molecule has 6 heteroatoms. The quantitative estimate of drug-likeness (QED) is 0.670. The molecule has 0 aliphatic heterocycles. The monoisotopic (exact) mass is 329 g/mol. The first kappa shape index (κ1) is 19.0. The van der Waals surface area contributed by atoms with Gasteiger partial charge in [0.05, 0.1) is 6.10 Å². The smallest absolute Gasteiger partial charge is 0.318 e. The summed E-state index contributed by atoms with van der Waals surface area (Å²) in [7, 11) is 0. The van der Waals surface area contributed by atoms with E-state index in [2.05, 4.69) is 11.9 Å². The Bertz CT molecular complexity index is 408. The van der Waals surface area contributed by atoms with Crippen molar-refractivity contribution in [3.8, 4) is 0 Å². The molecule has 125 valence electrons. The van der Waals surface area contributed by atoms with Crippen LogP contribution in [0.4, 0.5) is 4.79 Å². The molecular weight excluding hydrogens is 304 g/mol. The molecule has 0 unspecified atom stereocenters. The molecule has 1 aliphatic carbocycles. The molecule has 0 aromatic carbocycles. The number of imide groups is 1. The van der Waals surface area contributed by atoms with E-state index in [1.165, 1.54) is 19.3 Å². The molecule has 1 saturated carbocycles. The normalized spacial score (nSPS) is 18.7. The van der Waals surface area contributed by atoms with Gasteiger partial charge < -0.3 is 10.8 Å². The molecule has 0 spiro atoms. The third kappa shape index (κ3) is 6.36. The number of rotatable bonds is 7. The summed E-state index contributed by atoms with van der Waals surface area (Å²) in [6.45, 7) is 5.52. The van der Waals surface area contributed by atoms with Crippen LogP contribution in [0, 0.1) is 17.8 Å². The first-order valence-corrected chi connectivity index (χ1v) is 8.14. The van der Waals surface area contributed by atoms with Gasteiger partial charge in [-0.25, -0.2) is 4.79 Å². The highest BCUT2D eigenvalue weighted by molar-refractivity contribution is 6.29. The maximum Gasteiger partial charge on any atom is 0.318 e. The minimum absolute atomic E-state index is 0.204. The van der Waals surface area contributed by atoms with E-state index < -0.39 is 24.0 Å². The average Bonchev–Trinajstić information content (AvgIpc) is 2.45. The number of nitrogens with two attached hydrogens (primary N) is 1. The van der Waals surface area contributed by atoms with Gasteiger partial charge in [-0.1, -0.05) is 44.4 Å². The SMILES string of the molecule is C=C(Cl)C[C@H](C[C@H](O)[C](C)C1CCCCC1)C(=O)NC(N)=O. The second kappa shape index (κ2) is 9.16. The number of halogens is 1. The highest BCUT2D eigenvalue weighted by atomic mass is 35.5. The standard InChI is InChI=1S/C16H26ClN2O3/c1-10(17)8-13(15(21)19-16(18)22)9-14(20)11(2)12-6-4-3-5-7-12/h12-14,20H,1,3-9H2,2H3,(H3,18,19,21,22)/t13-,14+/m1/s1. The molecule has 1 aliphatic rings. The van der Waals surface area contributed by atoms with E-state index in [-0.39, 0.29) is 12.8 Å². The minimum Gasteiger partial charge on any atom is -0.393 e. The Balaban J connectivity index is 2.63. The summed E-state index contributed by atoms with van der Waals surface area (Å²) < 4.78 is 0. The Kier molecular flexibility index (Phi) is 7.90. The van der Waals surface area contributed by atoms with Crippen LogP contribution in [0.25, 0.3) is 0 Å². The second-order valence-corrected chi connectivity index (χ2v) is 6.64. The van der Waals surface area contributed by atoms with Crippen molar-refractivity contribution in [1.29, 1.82) is 0 Å². The number of aliphatic hydroxyl groups is 1. The molecule has 1 fully saturated rings. The fourth-order valence-electron chi connectivity index (χ4n) is 3.06. The second-order valence-electron chi connectivity index (χ2n) is 6.10. The van der Waals surface area contributed by atoms with Crippen LogP contribution < -0.4 is 11.1 Å². The number of nitrogens with one attached hydrogen (secondary N) is 1. The van der Waals surface area contributed by atoms with Gasteiger partial charge in [-0.2, -0.15) is 0 Å². The zero-order valence-corrected chi connectivity index (χ0v) is 13.9. The molecule has 0 heterocycles. The predicted molar refractivity (Wildman–Crippen MR) is 86.9 cm³/mol. The number of carbonyl (C=O) groups is 2. The molecule has 0 aromatic heterocycles. The maximum atomic E-state index is 12.0. The van der Waals surface area contributed by atoms with E-state index in [1.807, 2.05) is 6.92 Å². The van der Waals surface area contributed by atoms with Crippen molar-refractivity contribution in [2.75, 3.05) is 0 Å². The molecule has 1 rings (SSSR count). The molecular formula is C16H26ClN2O3. The third-order valence-corrected chi connectivity index (χ3v) is 4.52. The summed E-state index contributed by atoms with van der Waals surface area (Å²) in [4.78, 5) is 22.8. The lowest BCUT2D eigenvalue weighted by Gasteiger charge is -2.31. The van der Waals surface area contributed by atoms with Crippen molar-refractivity contribution in [2.24, 2.45) is 17.6 Å². The van der Waals surface area contributed by atoms with Gasteiger partial charge in [0, 0.05) is 16.9 Å². The maximum absolute atomic E-state index is 12.0. The molecule has 0 aromatic rings. The lowest BCUT2D eigenvalue weighted by atomic mass is 9.76. The molecule has 5 nitrogen and oxygen atoms in total. The molecule has 1 radical (unpaired) electrons. The summed E-state index contributed by atoms with van der Waals surface area (Å²) in [5.74, 6) is 0.274. The average molecular weight is 330 g/mol. The minimum atomic E-state index is -0.905. The topological polar surface area (TPSA) is 92.4 Å². The van der Waals surface area contributed by atoms with E-state index in [9.17, 15) is 14.7 Å². The van der Waals surface area contributed by atoms with Gasteiger partial charge in [0.15, 0.2) is 0 Å². The lowest BCUT2D eigenvalue weighted by Crippen LogP contribution is -2.41. The Hall–Kier alpha value is -1.07. The number of hydrogen-bond donors (Lipinski definition) is 3. The van der Waals surface area contributed by atoms with Crippen molar-refractivity contribution < 1.29 is 14.7 Å². The summed E-state index contributed by atoms with van der Waals surface area (Å²) in [5, 5.41) is 12.8. The molecule has 2 atom stereocenters. The van der Waals surface area contributed by atoms with Crippen LogP contribution in [0.3, 0.4) is 0 Å². The van der Waals surface area contributed by atoms with Crippen LogP contribution in [-0.4, -0.2) is 23.1 Å². The summed E-state index contributed by atoms with van der Waals surface area (Å²) in [6, 6.07) is -0.905. The molecule has 0 bridgehead atoms. The van der Waals surface area contributed by atoms with Gasteiger partial charge in [0.2, 0.25) is 5.91 Å². The van der Waals surface area contributed by atoms with E-state index in [4.69, 9.17) is 17.3 Å². The number of primary amides is 1. The van der Waals surface area contributed by atoms with Gasteiger partial charge >= 0.3 is 6.03 Å². The highest BCUT2D eigenvalue weighted by Gasteiger charge is 2.30. The van der Waals surface area contributed by atoms with Crippen LogP contribution in [0.2, 0.25) is 0 Å². The van der Waals surface area contributed by atoms with Crippen molar-refractivity contribution in [2.45, 2.75) is 58.0 Å². The van der Waals surface area contributed by atoms with Gasteiger partial charge in [-0.3, -0.25) is 10.1 Å². The fraction of sp³-hybridized carbons (Fsp3) is 0.688. The van der Waals surface area contributed by atoms with Crippen LogP contribution in [0.5, 0.6) is 0 Å². The van der Waals surface area contributed by atoms with Crippen molar-refractivity contribution >= 4 is 23.5 Å². The number of amides is 3. The van der Waals surface area contributed by atoms with Crippen molar-refractivity contribution in [3.63, 3.8) is 0 Å². The summed E-state index contributed by atoms with van der Waals surface area (Å²) in [6.07, 6.45) is 5.51. The number of hydrogen-bond acceptors (Lipinski definition) is 3. The summed E-state index contributed by atoms with van der Waals surface area (Å²) >= 11 is 5.79. The molecule has 4 N–H and O–H groups in total.